The van der Waals surface area contributed by atoms with Gasteiger partial charge in [0.1, 0.15) is 4.32 Å². The lowest BCUT2D eigenvalue weighted by Crippen LogP contribution is -2.22. The molecule has 0 saturated carbocycles. The normalized spacial score (nSPS) is 19.0. The van der Waals surface area contributed by atoms with Crippen LogP contribution in [0.2, 0.25) is 0 Å². The molecule has 1 aromatic rings. The number of amides is 1. The van der Waals surface area contributed by atoms with Gasteiger partial charge in [-0.3, -0.25) is 14.7 Å². The van der Waals surface area contributed by atoms with Crippen molar-refractivity contribution >= 4 is 40.3 Å². The van der Waals surface area contributed by atoms with Gasteiger partial charge in [-0.2, -0.15) is 0 Å². The Bertz CT molecular complexity index is 442. The first-order valence-electron chi connectivity index (χ1n) is 4.30. The zero-order valence-electron chi connectivity index (χ0n) is 8.01. The van der Waals surface area contributed by atoms with Crippen LogP contribution in [-0.2, 0) is 4.79 Å². The Hall–Kier alpha value is -1.20. The van der Waals surface area contributed by atoms with Gasteiger partial charge in [-0.1, -0.05) is 30.0 Å². The van der Waals surface area contributed by atoms with Gasteiger partial charge in [-0.05, 0) is 17.7 Å². The Morgan fingerprint density at radius 2 is 2.40 bits per heavy atom. The number of thioether (sulfide) groups is 1. The largest absolute Gasteiger partial charge is 0.296 e. The Balaban J connectivity index is 2.30. The van der Waals surface area contributed by atoms with Crippen molar-refractivity contribution in [1.82, 2.24) is 9.88 Å². The highest BCUT2D eigenvalue weighted by molar-refractivity contribution is 8.26. The second-order valence-electron chi connectivity index (χ2n) is 3.03. The molecule has 0 spiro atoms. The van der Waals surface area contributed by atoms with Gasteiger partial charge >= 0.3 is 0 Å². The second kappa shape index (κ2) is 4.12. The van der Waals surface area contributed by atoms with Crippen molar-refractivity contribution in [2.24, 2.45) is 0 Å². The summed E-state index contributed by atoms with van der Waals surface area (Å²) >= 11 is 6.34. The molecular formula is C10H8N2OS2. The molecule has 0 radical (unpaired) electrons. The Kier molecular flexibility index (Phi) is 2.83. The molecule has 0 N–H and O–H groups in total. The molecule has 0 unspecified atom stereocenters. The van der Waals surface area contributed by atoms with Gasteiger partial charge in [0.2, 0.25) is 0 Å². The predicted molar refractivity (Wildman–Crippen MR) is 65.2 cm³/mol. The predicted octanol–water partition coefficient (Wildman–Crippen LogP) is 1.91. The van der Waals surface area contributed by atoms with Gasteiger partial charge in [-0.25, -0.2) is 0 Å². The van der Waals surface area contributed by atoms with Crippen molar-refractivity contribution in [3.63, 3.8) is 0 Å². The molecule has 5 heteroatoms. The van der Waals surface area contributed by atoms with E-state index < -0.39 is 0 Å². The zero-order valence-corrected chi connectivity index (χ0v) is 9.64. The van der Waals surface area contributed by atoms with E-state index in [9.17, 15) is 4.79 Å². The number of carbonyl (C=O) groups is 1. The maximum absolute atomic E-state index is 11.6. The Labute approximate surface area is 97.2 Å². The summed E-state index contributed by atoms with van der Waals surface area (Å²) in [6, 6.07) is 3.73. The molecule has 1 saturated heterocycles. The summed E-state index contributed by atoms with van der Waals surface area (Å²) in [6.07, 6.45) is 5.21. The molecule has 15 heavy (non-hydrogen) atoms. The van der Waals surface area contributed by atoms with E-state index in [4.69, 9.17) is 12.2 Å². The van der Waals surface area contributed by atoms with Crippen molar-refractivity contribution in [2.75, 3.05) is 7.05 Å². The van der Waals surface area contributed by atoms with Gasteiger partial charge in [0, 0.05) is 19.4 Å². The molecule has 2 heterocycles. The number of nitrogens with zero attached hydrogens (tertiary/aromatic N) is 2. The van der Waals surface area contributed by atoms with Crippen LogP contribution in [0.3, 0.4) is 0 Å². The summed E-state index contributed by atoms with van der Waals surface area (Å²) in [5.74, 6) is -0.0474. The Morgan fingerprint density at radius 1 is 1.60 bits per heavy atom. The van der Waals surface area contributed by atoms with Crippen molar-refractivity contribution in [1.29, 1.82) is 0 Å². The number of aromatic nitrogens is 1. The average molecular weight is 236 g/mol. The molecule has 0 bridgehead atoms. The number of hydrogen-bond donors (Lipinski definition) is 0. The summed E-state index contributed by atoms with van der Waals surface area (Å²) in [5.41, 5.74) is 0.909. The van der Waals surface area contributed by atoms with Crippen LogP contribution in [0.4, 0.5) is 0 Å². The van der Waals surface area contributed by atoms with Crippen LogP contribution in [0.1, 0.15) is 5.56 Å². The number of hydrogen-bond acceptors (Lipinski definition) is 4. The van der Waals surface area contributed by atoms with Gasteiger partial charge in [0.15, 0.2) is 0 Å². The molecule has 2 rings (SSSR count). The van der Waals surface area contributed by atoms with E-state index in [1.54, 1.807) is 25.5 Å². The summed E-state index contributed by atoms with van der Waals surface area (Å²) < 4.78 is 0.593. The van der Waals surface area contributed by atoms with Gasteiger partial charge < -0.3 is 0 Å². The minimum atomic E-state index is -0.0474. The lowest BCUT2D eigenvalue weighted by molar-refractivity contribution is -0.121. The van der Waals surface area contributed by atoms with E-state index >= 15 is 0 Å². The van der Waals surface area contributed by atoms with Crippen LogP contribution in [0, 0.1) is 0 Å². The Morgan fingerprint density at radius 3 is 2.93 bits per heavy atom. The molecule has 0 aromatic carbocycles. The molecule has 1 aliphatic rings. The number of thiocarbonyl (C=S) groups is 1. The quantitative estimate of drug-likeness (QED) is 0.551. The molecule has 1 fully saturated rings. The molecule has 0 aliphatic carbocycles. The fourth-order valence-electron chi connectivity index (χ4n) is 1.16. The number of pyridine rings is 1. The van der Waals surface area contributed by atoms with E-state index in [0.717, 1.165) is 5.56 Å². The first-order chi connectivity index (χ1) is 7.18. The van der Waals surface area contributed by atoms with E-state index in [2.05, 4.69) is 4.98 Å². The summed E-state index contributed by atoms with van der Waals surface area (Å²) in [6.45, 7) is 0. The lowest BCUT2D eigenvalue weighted by Gasteiger charge is -2.03. The minimum absolute atomic E-state index is 0.0474. The molecule has 1 amide bonds. The third-order valence-corrected chi connectivity index (χ3v) is 3.45. The van der Waals surface area contributed by atoms with Crippen LogP contribution >= 0.6 is 24.0 Å². The lowest BCUT2D eigenvalue weighted by atomic mass is 10.2. The van der Waals surface area contributed by atoms with E-state index in [-0.39, 0.29) is 5.91 Å². The molecule has 0 atom stereocenters. The topological polar surface area (TPSA) is 33.2 Å². The first-order valence-corrected chi connectivity index (χ1v) is 5.52. The third-order valence-electron chi connectivity index (χ3n) is 1.97. The van der Waals surface area contributed by atoms with E-state index in [0.29, 0.717) is 9.23 Å². The second-order valence-corrected chi connectivity index (χ2v) is 4.70. The minimum Gasteiger partial charge on any atom is -0.296 e. The molecule has 1 aliphatic heterocycles. The highest BCUT2D eigenvalue weighted by Gasteiger charge is 2.28. The van der Waals surface area contributed by atoms with Crippen LogP contribution in [0.25, 0.3) is 6.08 Å². The van der Waals surface area contributed by atoms with Crippen molar-refractivity contribution in [3.05, 3.63) is 35.0 Å². The summed E-state index contributed by atoms with van der Waals surface area (Å²) in [4.78, 5) is 17.8. The maximum Gasteiger partial charge on any atom is 0.265 e. The van der Waals surface area contributed by atoms with Gasteiger partial charge in [0.05, 0.1) is 4.91 Å². The average Bonchev–Trinajstić information content (AvgIpc) is 2.48. The molecule has 76 valence electrons. The molecule has 3 nitrogen and oxygen atoms in total. The standard InChI is InChI=1S/C10H8N2OS2/c1-12-9(13)8(15-10(12)14)5-7-3-2-4-11-6-7/h2-6H,1H3. The van der Waals surface area contributed by atoms with E-state index in [1.165, 1.54) is 16.7 Å². The van der Waals surface area contributed by atoms with Crippen molar-refractivity contribution in [3.8, 4) is 0 Å². The van der Waals surface area contributed by atoms with Crippen molar-refractivity contribution in [2.45, 2.75) is 0 Å². The van der Waals surface area contributed by atoms with E-state index in [1.807, 2.05) is 12.1 Å². The van der Waals surface area contributed by atoms with Crippen molar-refractivity contribution < 1.29 is 4.79 Å². The molecule has 1 aromatic heterocycles. The molecular weight excluding hydrogens is 228 g/mol. The highest BCUT2D eigenvalue weighted by atomic mass is 32.2. The van der Waals surface area contributed by atoms with Crippen LogP contribution in [-0.4, -0.2) is 27.2 Å². The van der Waals surface area contributed by atoms with Crippen LogP contribution in [0.5, 0.6) is 0 Å². The summed E-state index contributed by atoms with van der Waals surface area (Å²) in [7, 11) is 1.68. The number of rotatable bonds is 1. The SMILES string of the molecule is CN1C(=O)C(=Cc2cccnc2)SC1=S. The fraction of sp³-hybridized carbons (Fsp3) is 0.100. The van der Waals surface area contributed by atoms with Crippen LogP contribution < -0.4 is 0 Å². The number of carbonyl (C=O) groups excluding carboxylic acids is 1. The third kappa shape index (κ3) is 2.08. The fourth-order valence-corrected chi connectivity index (χ4v) is 2.34. The highest BCUT2D eigenvalue weighted by Crippen LogP contribution is 2.30. The smallest absolute Gasteiger partial charge is 0.265 e. The maximum atomic E-state index is 11.6. The van der Waals surface area contributed by atoms with Crippen LogP contribution in [0.15, 0.2) is 29.4 Å². The van der Waals surface area contributed by atoms with Gasteiger partial charge in [-0.15, -0.1) is 0 Å². The zero-order chi connectivity index (χ0) is 10.8. The first kappa shape index (κ1) is 10.3. The van der Waals surface area contributed by atoms with Gasteiger partial charge in [0.25, 0.3) is 5.91 Å². The number of likely N-dealkylation sites (N-methyl/N-ethyl adjacent to an activating group) is 1. The monoisotopic (exact) mass is 236 g/mol. The summed E-state index contributed by atoms with van der Waals surface area (Å²) in [5, 5.41) is 0.